The molecular weight excluding hydrogens is 671 g/mol. The van der Waals surface area contributed by atoms with Gasteiger partial charge < -0.3 is 9.73 Å². The Kier molecular flexibility index (Phi) is 8.19. The van der Waals surface area contributed by atoms with Crippen molar-refractivity contribution in [1.82, 2.24) is 5.32 Å². The summed E-state index contributed by atoms with van der Waals surface area (Å²) < 4.78 is 6.56. The Morgan fingerprint density at radius 2 is 1.00 bits per heavy atom. The van der Waals surface area contributed by atoms with E-state index in [1.165, 1.54) is 27.8 Å². The van der Waals surface area contributed by atoms with Crippen LogP contribution in [0.3, 0.4) is 0 Å². The Morgan fingerprint density at radius 1 is 0.418 bits per heavy atom. The van der Waals surface area contributed by atoms with E-state index < -0.39 is 0 Å². The van der Waals surface area contributed by atoms with Crippen LogP contribution < -0.4 is 5.32 Å². The zero-order chi connectivity index (χ0) is 36.6. The van der Waals surface area contributed by atoms with Gasteiger partial charge in [-0.05, 0) is 74.3 Å². The molecule has 1 atom stereocenters. The van der Waals surface area contributed by atoms with Crippen molar-refractivity contribution in [2.45, 2.75) is 6.17 Å². The lowest BCUT2D eigenvalue weighted by atomic mass is 9.86. The molecule has 4 heteroatoms. The van der Waals surface area contributed by atoms with Crippen LogP contribution in [0.15, 0.2) is 215 Å². The van der Waals surface area contributed by atoms with Crippen molar-refractivity contribution in [3.8, 4) is 44.5 Å². The molecule has 0 spiro atoms. The molecule has 0 amide bonds. The van der Waals surface area contributed by atoms with Crippen LogP contribution in [0.2, 0.25) is 0 Å². The molecule has 55 heavy (non-hydrogen) atoms. The smallest absolute Gasteiger partial charge is 0.159 e. The number of nitrogens with zero attached hydrogens (tertiary/aromatic N) is 2. The third kappa shape index (κ3) is 6.10. The summed E-state index contributed by atoms with van der Waals surface area (Å²) in [5, 5.41) is 5.72. The van der Waals surface area contributed by atoms with E-state index in [2.05, 4.69) is 157 Å². The Labute approximate surface area is 319 Å². The van der Waals surface area contributed by atoms with Gasteiger partial charge in [-0.1, -0.05) is 176 Å². The van der Waals surface area contributed by atoms with Gasteiger partial charge in [-0.25, -0.2) is 9.98 Å². The second-order valence-electron chi connectivity index (χ2n) is 13.8. The SMILES string of the molecule is c1ccc(C2=NC(c3ccccc3)NC(c3cccc4oc5ccc(-c6cccc(-c7ccccc7)c6-c6cccc(-c7ccccc7)c6)cc5c34)=N2)cc1. The molecule has 1 aliphatic heterocycles. The fraction of sp³-hybridized carbons (Fsp3) is 0.0196. The minimum absolute atomic E-state index is 0.303. The van der Waals surface area contributed by atoms with Crippen LogP contribution in [0.1, 0.15) is 22.9 Å². The number of benzene rings is 8. The van der Waals surface area contributed by atoms with Crippen molar-refractivity contribution in [2.75, 3.05) is 0 Å². The van der Waals surface area contributed by atoms with Crippen LogP contribution in [0, 0.1) is 0 Å². The van der Waals surface area contributed by atoms with Gasteiger partial charge in [0, 0.05) is 21.9 Å². The van der Waals surface area contributed by atoms with Gasteiger partial charge in [0.05, 0.1) is 0 Å². The quantitative estimate of drug-likeness (QED) is 0.179. The van der Waals surface area contributed by atoms with Gasteiger partial charge in [0.25, 0.3) is 0 Å². The molecule has 0 aliphatic carbocycles. The average Bonchev–Trinajstić information content (AvgIpc) is 3.65. The van der Waals surface area contributed by atoms with Crippen LogP contribution >= 0.6 is 0 Å². The predicted molar refractivity (Wildman–Crippen MR) is 227 cm³/mol. The lowest BCUT2D eigenvalue weighted by Gasteiger charge is -2.24. The molecule has 1 aromatic heterocycles. The molecule has 10 rings (SSSR count). The molecule has 1 unspecified atom stereocenters. The molecule has 0 fully saturated rings. The first-order chi connectivity index (χ1) is 27.3. The Bertz CT molecular complexity index is 2880. The molecule has 0 saturated carbocycles. The van der Waals surface area contributed by atoms with Gasteiger partial charge >= 0.3 is 0 Å². The highest BCUT2D eigenvalue weighted by Gasteiger charge is 2.24. The Morgan fingerprint density at radius 3 is 1.75 bits per heavy atom. The fourth-order valence-electron chi connectivity index (χ4n) is 7.75. The first kappa shape index (κ1) is 32.4. The monoisotopic (exact) mass is 705 g/mol. The van der Waals surface area contributed by atoms with Crippen LogP contribution in [0.4, 0.5) is 0 Å². The molecule has 4 nitrogen and oxygen atoms in total. The standard InChI is InChI=1S/C51H35N3O/c1-5-16-34(17-6-1)38-24-13-25-40(32-38)47-41(35-18-7-2-8-19-35)26-14-27-42(47)39-30-31-45-44(33-39)48-43(28-15-29-46(48)55-45)51-53-49(36-20-9-3-10-21-36)52-50(54-51)37-22-11-4-12-23-37/h1-33,49H,(H,52,53,54). The number of furan rings is 1. The summed E-state index contributed by atoms with van der Waals surface area (Å²) in [5.74, 6) is 1.44. The number of nitrogens with one attached hydrogen (secondary N) is 1. The van der Waals surface area contributed by atoms with E-state index in [-0.39, 0.29) is 6.17 Å². The molecule has 2 heterocycles. The second-order valence-corrected chi connectivity index (χ2v) is 13.8. The summed E-state index contributed by atoms with van der Waals surface area (Å²) >= 11 is 0. The summed E-state index contributed by atoms with van der Waals surface area (Å²) in [7, 11) is 0. The van der Waals surface area contributed by atoms with Crippen LogP contribution in [-0.2, 0) is 0 Å². The maximum atomic E-state index is 6.56. The van der Waals surface area contributed by atoms with Crippen molar-refractivity contribution in [1.29, 1.82) is 0 Å². The zero-order valence-electron chi connectivity index (χ0n) is 29.9. The van der Waals surface area contributed by atoms with E-state index in [0.29, 0.717) is 5.84 Å². The molecule has 260 valence electrons. The highest BCUT2D eigenvalue weighted by Crippen LogP contribution is 2.43. The Balaban J connectivity index is 1.16. The first-order valence-corrected chi connectivity index (χ1v) is 18.6. The highest BCUT2D eigenvalue weighted by molar-refractivity contribution is 6.22. The molecule has 1 aliphatic rings. The molecule has 9 aromatic rings. The van der Waals surface area contributed by atoms with Crippen molar-refractivity contribution < 1.29 is 4.42 Å². The summed E-state index contributed by atoms with van der Waals surface area (Å²) in [6.07, 6.45) is -0.303. The lowest BCUT2D eigenvalue weighted by Crippen LogP contribution is -2.33. The number of hydrogen-bond donors (Lipinski definition) is 1. The highest BCUT2D eigenvalue weighted by atomic mass is 16.3. The average molecular weight is 706 g/mol. The number of amidine groups is 2. The minimum Gasteiger partial charge on any atom is -0.456 e. The number of fused-ring (bicyclic) bond motifs is 3. The maximum absolute atomic E-state index is 6.56. The van der Waals surface area contributed by atoms with Crippen molar-refractivity contribution in [3.63, 3.8) is 0 Å². The molecule has 1 N–H and O–H groups in total. The summed E-state index contributed by atoms with van der Waals surface area (Å²) in [5.41, 5.74) is 14.0. The minimum atomic E-state index is -0.303. The summed E-state index contributed by atoms with van der Waals surface area (Å²) in [4.78, 5) is 10.2. The van der Waals surface area contributed by atoms with Crippen LogP contribution in [-0.4, -0.2) is 11.7 Å². The van der Waals surface area contributed by atoms with Crippen molar-refractivity contribution in [2.24, 2.45) is 9.98 Å². The van der Waals surface area contributed by atoms with E-state index in [9.17, 15) is 0 Å². The zero-order valence-corrected chi connectivity index (χ0v) is 29.9. The van der Waals surface area contributed by atoms with Gasteiger partial charge in [-0.3, -0.25) is 0 Å². The van der Waals surface area contributed by atoms with Gasteiger partial charge in [0.1, 0.15) is 23.2 Å². The van der Waals surface area contributed by atoms with E-state index in [1.807, 2.05) is 48.5 Å². The first-order valence-electron chi connectivity index (χ1n) is 18.6. The second kappa shape index (κ2) is 13.9. The van der Waals surface area contributed by atoms with Crippen molar-refractivity contribution in [3.05, 3.63) is 217 Å². The lowest BCUT2D eigenvalue weighted by molar-refractivity contribution is 0.668. The van der Waals surface area contributed by atoms with Crippen LogP contribution in [0.5, 0.6) is 0 Å². The van der Waals surface area contributed by atoms with Gasteiger partial charge in [-0.2, -0.15) is 0 Å². The van der Waals surface area contributed by atoms with E-state index >= 15 is 0 Å². The number of aliphatic imine (C=N–C) groups is 2. The van der Waals surface area contributed by atoms with E-state index in [1.54, 1.807) is 0 Å². The maximum Gasteiger partial charge on any atom is 0.159 e. The molecule has 0 bridgehead atoms. The fourth-order valence-corrected chi connectivity index (χ4v) is 7.75. The van der Waals surface area contributed by atoms with E-state index in [0.717, 1.165) is 61.2 Å². The predicted octanol–water partition coefficient (Wildman–Crippen LogP) is 12.7. The molecule has 8 aromatic carbocycles. The summed E-state index contributed by atoms with van der Waals surface area (Å²) in [6, 6.07) is 70.1. The summed E-state index contributed by atoms with van der Waals surface area (Å²) in [6.45, 7) is 0. The Hall–Kier alpha value is -7.30. The van der Waals surface area contributed by atoms with Crippen molar-refractivity contribution >= 4 is 33.6 Å². The normalized spacial score (nSPS) is 14.0. The third-order valence-electron chi connectivity index (χ3n) is 10.4. The number of rotatable bonds is 7. The topological polar surface area (TPSA) is 49.9 Å². The molecule has 0 saturated heterocycles. The van der Waals surface area contributed by atoms with Gasteiger partial charge in [0.2, 0.25) is 0 Å². The van der Waals surface area contributed by atoms with Crippen LogP contribution in [0.25, 0.3) is 66.4 Å². The third-order valence-corrected chi connectivity index (χ3v) is 10.4. The molecular formula is C51H35N3O. The van der Waals surface area contributed by atoms with Gasteiger partial charge in [0.15, 0.2) is 5.84 Å². The molecule has 0 radical (unpaired) electrons. The largest absolute Gasteiger partial charge is 0.456 e. The van der Waals surface area contributed by atoms with Gasteiger partial charge in [-0.15, -0.1) is 0 Å². The number of hydrogen-bond acceptors (Lipinski definition) is 4. The van der Waals surface area contributed by atoms with E-state index in [4.69, 9.17) is 14.4 Å².